The summed E-state index contributed by atoms with van der Waals surface area (Å²) in [7, 11) is 0. The third-order valence-electron chi connectivity index (χ3n) is 3.16. The summed E-state index contributed by atoms with van der Waals surface area (Å²) < 4.78 is 2.65. The number of nitrogens with two attached hydrogens (primary N) is 1. The Morgan fingerprint density at radius 3 is 2.47 bits per heavy atom. The second-order valence-corrected chi connectivity index (χ2v) is 6.23. The van der Waals surface area contributed by atoms with E-state index in [9.17, 15) is 5.11 Å². The molecule has 0 aliphatic heterocycles. The minimum atomic E-state index is -1.09. The number of aromatic nitrogens is 2. The van der Waals surface area contributed by atoms with Crippen molar-refractivity contribution in [1.82, 2.24) is 9.78 Å². The molecule has 1 aromatic heterocycles. The molecule has 0 saturated carbocycles. The van der Waals surface area contributed by atoms with Gasteiger partial charge in [-0.25, -0.2) is 0 Å². The zero-order valence-corrected chi connectivity index (χ0v) is 12.6. The largest absolute Gasteiger partial charge is 0.382 e. The minimum Gasteiger partial charge on any atom is -0.382 e. The van der Waals surface area contributed by atoms with Crippen molar-refractivity contribution >= 4 is 15.9 Å². The fourth-order valence-electron chi connectivity index (χ4n) is 1.91. The van der Waals surface area contributed by atoms with Gasteiger partial charge in [-0.2, -0.15) is 5.10 Å². The van der Waals surface area contributed by atoms with Crippen LogP contribution in [0.4, 0.5) is 0 Å². The Bertz CT molecular complexity index is 384. The summed E-state index contributed by atoms with van der Waals surface area (Å²) in [5, 5.41) is 15.2. The lowest BCUT2D eigenvalue weighted by molar-refractivity contribution is -0.0633. The fourth-order valence-corrected chi connectivity index (χ4v) is 2.54. The van der Waals surface area contributed by atoms with E-state index in [-0.39, 0.29) is 12.0 Å². The Morgan fingerprint density at radius 1 is 1.47 bits per heavy atom. The van der Waals surface area contributed by atoms with Crippen molar-refractivity contribution in [3.63, 3.8) is 0 Å². The lowest BCUT2D eigenvalue weighted by Crippen LogP contribution is -2.48. The third-order valence-corrected chi connectivity index (χ3v) is 3.74. The van der Waals surface area contributed by atoms with E-state index in [1.807, 2.05) is 25.5 Å². The molecule has 4 nitrogen and oxygen atoms in total. The first-order chi connectivity index (χ1) is 7.78. The molecule has 1 atom stereocenters. The van der Waals surface area contributed by atoms with Gasteiger partial charge in [-0.05, 0) is 27.8 Å². The molecule has 0 saturated heterocycles. The first-order valence-electron chi connectivity index (χ1n) is 5.92. The topological polar surface area (TPSA) is 64.1 Å². The van der Waals surface area contributed by atoms with Gasteiger partial charge in [-0.3, -0.25) is 4.68 Å². The van der Waals surface area contributed by atoms with Gasteiger partial charge in [0.1, 0.15) is 5.60 Å². The predicted octanol–water partition coefficient (Wildman–Crippen LogP) is 2.25. The van der Waals surface area contributed by atoms with E-state index < -0.39 is 5.60 Å². The van der Waals surface area contributed by atoms with Crippen molar-refractivity contribution in [2.45, 2.75) is 46.3 Å². The fraction of sp³-hybridized carbons (Fsp3) is 0.750. The summed E-state index contributed by atoms with van der Waals surface area (Å²) in [4.78, 5) is 0. The van der Waals surface area contributed by atoms with Gasteiger partial charge in [0, 0.05) is 13.1 Å². The molecule has 3 N–H and O–H groups in total. The van der Waals surface area contributed by atoms with Crippen molar-refractivity contribution in [2.24, 2.45) is 11.1 Å². The summed E-state index contributed by atoms with van der Waals surface area (Å²) in [6.45, 7) is 8.97. The van der Waals surface area contributed by atoms with Crippen LogP contribution in [0.1, 0.15) is 39.8 Å². The van der Waals surface area contributed by atoms with Crippen LogP contribution in [-0.4, -0.2) is 21.4 Å². The van der Waals surface area contributed by atoms with Crippen LogP contribution >= 0.6 is 15.9 Å². The number of hydrogen-bond donors (Lipinski definition) is 2. The number of hydrogen-bond acceptors (Lipinski definition) is 3. The highest BCUT2D eigenvalue weighted by molar-refractivity contribution is 9.10. The molecule has 0 amide bonds. The van der Waals surface area contributed by atoms with Crippen LogP contribution in [0, 0.1) is 5.41 Å². The summed E-state index contributed by atoms with van der Waals surface area (Å²) in [5.41, 5.74) is 5.14. The summed E-state index contributed by atoms with van der Waals surface area (Å²) >= 11 is 3.46. The molecular formula is C12H22BrN3O. The van der Waals surface area contributed by atoms with Crippen LogP contribution in [-0.2, 0) is 12.1 Å². The minimum absolute atomic E-state index is 0.171. The van der Waals surface area contributed by atoms with Crippen LogP contribution in [0.2, 0.25) is 0 Å². The number of aliphatic hydroxyl groups is 1. The van der Waals surface area contributed by atoms with Crippen molar-refractivity contribution < 1.29 is 5.11 Å². The maximum atomic E-state index is 10.9. The lowest BCUT2D eigenvalue weighted by Gasteiger charge is -2.40. The second-order valence-electron chi connectivity index (χ2n) is 5.38. The average Bonchev–Trinajstić information content (AvgIpc) is 2.58. The molecule has 0 aromatic carbocycles. The molecule has 0 aliphatic rings. The van der Waals surface area contributed by atoms with Crippen molar-refractivity contribution in [1.29, 1.82) is 0 Å². The molecule has 1 unspecified atom stereocenters. The zero-order valence-electron chi connectivity index (χ0n) is 11.0. The lowest BCUT2D eigenvalue weighted by atomic mass is 9.74. The quantitative estimate of drug-likeness (QED) is 0.896. The van der Waals surface area contributed by atoms with Crippen molar-refractivity contribution in [3.8, 4) is 0 Å². The smallest absolute Gasteiger partial charge is 0.124 e. The molecule has 0 radical (unpaired) electrons. The van der Waals surface area contributed by atoms with E-state index in [2.05, 4.69) is 28.0 Å². The molecule has 0 aliphatic carbocycles. The maximum absolute atomic E-state index is 10.9. The predicted molar refractivity (Wildman–Crippen MR) is 72.6 cm³/mol. The Kier molecular flexibility index (Phi) is 4.38. The normalized spacial score (nSPS) is 15.9. The standard InChI is InChI=1S/C12H22BrN3O/c1-5-6-16-10(9(13)7-15-16)12(17,8-14)11(2,3)4/h7,17H,5-6,8,14H2,1-4H3. The van der Waals surface area contributed by atoms with Crippen LogP contribution in [0.3, 0.4) is 0 Å². The number of nitrogens with zero attached hydrogens (tertiary/aromatic N) is 2. The number of aryl methyl sites for hydroxylation is 1. The maximum Gasteiger partial charge on any atom is 0.124 e. The Balaban J connectivity index is 3.33. The first-order valence-corrected chi connectivity index (χ1v) is 6.71. The second kappa shape index (κ2) is 5.08. The third kappa shape index (κ3) is 2.56. The average molecular weight is 304 g/mol. The van der Waals surface area contributed by atoms with Crippen molar-refractivity contribution in [2.75, 3.05) is 6.54 Å². The van der Waals surface area contributed by atoms with Gasteiger partial charge in [-0.15, -0.1) is 0 Å². The van der Waals surface area contributed by atoms with Gasteiger partial charge >= 0.3 is 0 Å². The van der Waals surface area contributed by atoms with Gasteiger partial charge in [0.15, 0.2) is 0 Å². The van der Waals surface area contributed by atoms with Gasteiger partial charge in [0.2, 0.25) is 0 Å². The van der Waals surface area contributed by atoms with Crippen LogP contribution in [0.15, 0.2) is 10.7 Å². The number of halogens is 1. The van der Waals surface area contributed by atoms with E-state index in [4.69, 9.17) is 5.73 Å². The highest BCUT2D eigenvalue weighted by Crippen LogP contribution is 2.41. The summed E-state index contributed by atoms with van der Waals surface area (Å²) in [6.07, 6.45) is 2.68. The highest BCUT2D eigenvalue weighted by Gasteiger charge is 2.44. The molecule has 0 bridgehead atoms. The van der Waals surface area contributed by atoms with E-state index in [1.54, 1.807) is 6.20 Å². The van der Waals surface area contributed by atoms with Crippen LogP contribution in [0.5, 0.6) is 0 Å². The van der Waals surface area contributed by atoms with Gasteiger partial charge in [-0.1, -0.05) is 27.7 Å². The molecule has 0 fully saturated rings. The summed E-state index contributed by atoms with van der Waals surface area (Å²) in [5.74, 6) is 0. The van der Waals surface area contributed by atoms with E-state index in [1.165, 1.54) is 0 Å². The van der Waals surface area contributed by atoms with Gasteiger partial charge < -0.3 is 10.8 Å². The Hall–Kier alpha value is -0.390. The first kappa shape index (κ1) is 14.7. The number of rotatable bonds is 4. The highest BCUT2D eigenvalue weighted by atomic mass is 79.9. The zero-order chi connectivity index (χ0) is 13.3. The SMILES string of the molecule is CCCn1ncc(Br)c1C(O)(CN)C(C)(C)C. The summed E-state index contributed by atoms with van der Waals surface area (Å²) in [6, 6.07) is 0. The van der Waals surface area contributed by atoms with E-state index >= 15 is 0 Å². The Morgan fingerprint density at radius 2 is 2.06 bits per heavy atom. The molecule has 1 heterocycles. The van der Waals surface area contributed by atoms with E-state index in [0.717, 1.165) is 23.1 Å². The van der Waals surface area contributed by atoms with Gasteiger partial charge in [0.05, 0.1) is 16.4 Å². The van der Waals surface area contributed by atoms with Gasteiger partial charge in [0.25, 0.3) is 0 Å². The van der Waals surface area contributed by atoms with Crippen LogP contribution in [0.25, 0.3) is 0 Å². The monoisotopic (exact) mass is 303 g/mol. The molecule has 5 heteroatoms. The van der Waals surface area contributed by atoms with E-state index in [0.29, 0.717) is 0 Å². The molecule has 0 spiro atoms. The van der Waals surface area contributed by atoms with Crippen molar-refractivity contribution in [3.05, 3.63) is 16.4 Å². The molecule has 1 aromatic rings. The Labute approximate surface area is 111 Å². The molecule has 17 heavy (non-hydrogen) atoms. The van der Waals surface area contributed by atoms with Crippen LogP contribution < -0.4 is 5.73 Å². The molecule has 98 valence electrons. The molecule has 1 rings (SSSR count). The molecular weight excluding hydrogens is 282 g/mol.